The zero-order valence-corrected chi connectivity index (χ0v) is 12.9. The number of pyridine rings is 1. The van der Waals surface area contributed by atoms with E-state index in [1.54, 1.807) is 23.9 Å². The Morgan fingerprint density at radius 1 is 1.21 bits per heavy atom. The normalized spacial score (nSPS) is 13.0. The predicted octanol–water partition coefficient (Wildman–Crippen LogP) is 1.39. The smallest absolute Gasteiger partial charge is 0.220 e. The number of aromatic nitrogens is 3. The summed E-state index contributed by atoms with van der Waals surface area (Å²) in [6.45, 7) is 0. The van der Waals surface area contributed by atoms with E-state index in [4.69, 9.17) is 0 Å². The molecule has 7 heteroatoms. The van der Waals surface area contributed by atoms with Gasteiger partial charge >= 0.3 is 0 Å². The van der Waals surface area contributed by atoms with Crippen LogP contribution in [0.25, 0.3) is 6.08 Å². The van der Waals surface area contributed by atoms with E-state index in [0.717, 1.165) is 16.3 Å². The van der Waals surface area contributed by atoms with Crippen molar-refractivity contribution < 1.29 is 5.11 Å². The topological polar surface area (TPSA) is 87.7 Å². The van der Waals surface area contributed by atoms with Crippen molar-refractivity contribution in [2.24, 2.45) is 17.0 Å². The minimum Gasteiger partial charge on any atom is -0.493 e. The van der Waals surface area contributed by atoms with Crippen LogP contribution >= 0.6 is 0 Å². The third kappa shape index (κ3) is 2.52. The van der Waals surface area contributed by atoms with Crippen LogP contribution in [-0.2, 0) is 7.05 Å². The number of aliphatic imine (C=N–C) groups is 1. The number of nitrogens with zero attached hydrogens (tertiary/aromatic N) is 5. The van der Waals surface area contributed by atoms with Gasteiger partial charge in [-0.05, 0) is 35.6 Å². The Morgan fingerprint density at radius 3 is 2.96 bits per heavy atom. The van der Waals surface area contributed by atoms with Crippen molar-refractivity contribution in [3.63, 3.8) is 0 Å². The molecule has 1 aliphatic heterocycles. The lowest BCUT2D eigenvalue weighted by molar-refractivity contribution is 0.432. The molecule has 2 aromatic heterocycles. The van der Waals surface area contributed by atoms with Crippen molar-refractivity contribution in [3.8, 4) is 5.88 Å². The third-order valence-corrected chi connectivity index (χ3v) is 3.69. The molecule has 0 atom stereocenters. The Hall–Kier alpha value is -3.48. The molecule has 1 aliphatic rings. The van der Waals surface area contributed by atoms with Crippen LogP contribution in [-0.4, -0.2) is 26.0 Å². The molecule has 0 saturated heterocycles. The zero-order valence-electron chi connectivity index (χ0n) is 12.9. The maximum Gasteiger partial charge on any atom is 0.220 e. The van der Waals surface area contributed by atoms with E-state index in [0.29, 0.717) is 17.5 Å². The summed E-state index contributed by atoms with van der Waals surface area (Å²) >= 11 is 0. The molecule has 0 spiro atoms. The van der Waals surface area contributed by atoms with Crippen molar-refractivity contribution in [3.05, 3.63) is 58.9 Å². The maximum absolute atomic E-state index is 10.3. The molecule has 0 radical (unpaired) electrons. The van der Waals surface area contributed by atoms with Gasteiger partial charge in [0.05, 0.1) is 11.0 Å². The second-order valence-electron chi connectivity index (χ2n) is 5.31. The molecular weight excluding hydrogens is 304 g/mol. The van der Waals surface area contributed by atoms with E-state index in [1.165, 1.54) is 6.34 Å². The summed E-state index contributed by atoms with van der Waals surface area (Å²) < 4.78 is 1.57. The van der Waals surface area contributed by atoms with E-state index < -0.39 is 0 Å². The van der Waals surface area contributed by atoms with Gasteiger partial charge in [0.15, 0.2) is 0 Å². The van der Waals surface area contributed by atoms with Gasteiger partial charge in [0.1, 0.15) is 17.9 Å². The molecule has 1 aromatic carbocycles. The summed E-state index contributed by atoms with van der Waals surface area (Å²) in [5.74, 6) is 1.24. The van der Waals surface area contributed by atoms with Crippen LogP contribution in [0.5, 0.6) is 5.88 Å². The van der Waals surface area contributed by atoms with Gasteiger partial charge in [-0.3, -0.25) is 4.57 Å². The zero-order chi connectivity index (χ0) is 16.5. The number of aromatic hydroxyl groups is 1. The fourth-order valence-electron chi connectivity index (χ4n) is 2.43. The number of hydrogen-bond acceptors (Lipinski definition) is 6. The molecule has 118 valence electrons. The summed E-state index contributed by atoms with van der Waals surface area (Å²) in [7, 11) is 1.73. The number of rotatable bonds is 3. The Labute approximate surface area is 137 Å². The molecule has 0 saturated carbocycles. The Bertz CT molecular complexity index is 1050. The lowest BCUT2D eigenvalue weighted by Crippen LogP contribution is -2.07. The lowest BCUT2D eigenvalue weighted by Gasteiger charge is -2.04. The van der Waals surface area contributed by atoms with Crippen LogP contribution in [0.1, 0.15) is 5.69 Å². The fraction of sp³-hybridized carbons (Fsp3) is 0.0588. The molecule has 2 N–H and O–H groups in total. The number of hydrogen-bond donors (Lipinski definition) is 2. The molecule has 7 nitrogen and oxygen atoms in total. The first kappa shape index (κ1) is 14.1. The quantitative estimate of drug-likeness (QED) is 0.764. The highest BCUT2D eigenvalue weighted by Crippen LogP contribution is 2.23. The molecule has 0 aliphatic carbocycles. The van der Waals surface area contributed by atoms with Gasteiger partial charge in [-0.15, -0.1) is 0 Å². The van der Waals surface area contributed by atoms with Crippen molar-refractivity contribution in [1.29, 1.82) is 0 Å². The minimum atomic E-state index is 0.0714. The molecular formula is C17H14N6O. The van der Waals surface area contributed by atoms with Crippen LogP contribution in [0.2, 0.25) is 0 Å². The highest BCUT2D eigenvalue weighted by Gasteiger charge is 2.12. The van der Waals surface area contributed by atoms with Crippen LogP contribution < -0.4 is 15.9 Å². The third-order valence-electron chi connectivity index (χ3n) is 3.69. The SMILES string of the molecule is Cn1c(Nc2ccccn2)nc(/C=c2\ccc3c(c2)N=CN=3)c1O. The van der Waals surface area contributed by atoms with Crippen molar-refractivity contribution >= 4 is 29.9 Å². The van der Waals surface area contributed by atoms with Crippen LogP contribution in [0.15, 0.2) is 52.6 Å². The van der Waals surface area contributed by atoms with Gasteiger partial charge < -0.3 is 10.4 Å². The Kier molecular flexibility index (Phi) is 3.31. The summed E-state index contributed by atoms with van der Waals surface area (Å²) in [6, 6.07) is 11.3. The summed E-state index contributed by atoms with van der Waals surface area (Å²) in [4.78, 5) is 17.0. The first-order valence-electron chi connectivity index (χ1n) is 7.36. The van der Waals surface area contributed by atoms with E-state index in [1.807, 2.05) is 36.4 Å². The second kappa shape index (κ2) is 5.62. The standard InChI is InChI=1S/C17H14N6O/c1-23-16(24)14(21-17(23)22-15-4-2-3-7-18-15)9-11-5-6-12-13(8-11)20-10-19-12/h2-10,24H,1H3,(H,18,21,22)/b11-9+. The van der Waals surface area contributed by atoms with Gasteiger partial charge in [0, 0.05) is 13.2 Å². The highest BCUT2D eigenvalue weighted by molar-refractivity contribution is 5.67. The van der Waals surface area contributed by atoms with Crippen LogP contribution in [0, 0.1) is 0 Å². The molecule has 3 aromatic rings. The number of imidazole rings is 1. The van der Waals surface area contributed by atoms with Gasteiger partial charge in [0.2, 0.25) is 11.8 Å². The van der Waals surface area contributed by atoms with E-state index in [9.17, 15) is 5.11 Å². The first-order chi connectivity index (χ1) is 11.7. The molecule has 4 rings (SSSR count). The fourth-order valence-corrected chi connectivity index (χ4v) is 2.43. The summed E-state index contributed by atoms with van der Waals surface area (Å²) in [5.41, 5.74) is 1.28. The number of fused-ring (bicyclic) bond motifs is 1. The summed E-state index contributed by atoms with van der Waals surface area (Å²) in [6.07, 6.45) is 5.02. The number of benzene rings is 1. The lowest BCUT2D eigenvalue weighted by atomic mass is 10.2. The van der Waals surface area contributed by atoms with Crippen LogP contribution in [0.4, 0.5) is 17.5 Å². The summed E-state index contributed by atoms with van der Waals surface area (Å²) in [5, 5.41) is 15.1. The van der Waals surface area contributed by atoms with Crippen molar-refractivity contribution in [2.45, 2.75) is 0 Å². The molecule has 0 unspecified atom stereocenters. The first-order valence-corrected chi connectivity index (χ1v) is 7.36. The average Bonchev–Trinajstić information content (AvgIpc) is 3.16. The monoisotopic (exact) mass is 318 g/mol. The van der Waals surface area contributed by atoms with E-state index >= 15 is 0 Å². The average molecular weight is 318 g/mol. The largest absolute Gasteiger partial charge is 0.493 e. The van der Waals surface area contributed by atoms with Gasteiger partial charge in [0.25, 0.3) is 0 Å². The molecule has 0 amide bonds. The van der Waals surface area contributed by atoms with E-state index in [2.05, 4.69) is 25.3 Å². The van der Waals surface area contributed by atoms with Crippen molar-refractivity contribution in [2.75, 3.05) is 5.32 Å². The molecule has 0 fully saturated rings. The molecule has 3 heterocycles. The Balaban J connectivity index is 1.72. The van der Waals surface area contributed by atoms with Crippen LogP contribution in [0.3, 0.4) is 0 Å². The minimum absolute atomic E-state index is 0.0714. The van der Waals surface area contributed by atoms with Gasteiger partial charge in [-0.25, -0.2) is 20.0 Å². The number of nitrogens with one attached hydrogen (secondary N) is 1. The number of anilines is 2. The predicted molar refractivity (Wildman–Crippen MR) is 91.3 cm³/mol. The highest BCUT2D eigenvalue weighted by atomic mass is 16.3. The van der Waals surface area contributed by atoms with Crippen molar-refractivity contribution in [1.82, 2.24) is 14.5 Å². The Morgan fingerprint density at radius 2 is 2.12 bits per heavy atom. The molecule has 0 bridgehead atoms. The van der Waals surface area contributed by atoms with Gasteiger partial charge in [-0.1, -0.05) is 12.1 Å². The molecule has 24 heavy (non-hydrogen) atoms. The van der Waals surface area contributed by atoms with Gasteiger partial charge in [-0.2, -0.15) is 0 Å². The second-order valence-corrected chi connectivity index (χ2v) is 5.31. The van der Waals surface area contributed by atoms with E-state index in [-0.39, 0.29) is 5.88 Å². The maximum atomic E-state index is 10.3.